The third kappa shape index (κ3) is 3.86. The molecule has 5 heteroatoms. The van der Waals surface area contributed by atoms with Gasteiger partial charge in [0.1, 0.15) is 13.2 Å². The quantitative estimate of drug-likeness (QED) is 0.894. The Morgan fingerprint density at radius 2 is 1.77 bits per heavy atom. The highest BCUT2D eigenvalue weighted by molar-refractivity contribution is 6.31. The molecule has 0 spiro atoms. The van der Waals surface area contributed by atoms with Crippen LogP contribution in [0, 0.1) is 0 Å². The fourth-order valence-corrected chi connectivity index (χ4v) is 2.70. The summed E-state index contributed by atoms with van der Waals surface area (Å²) in [6.07, 6.45) is 1.69. The summed E-state index contributed by atoms with van der Waals surface area (Å²) in [6, 6.07) is 13.8. The number of hydrogen-bond acceptors (Lipinski definition) is 3. The van der Waals surface area contributed by atoms with Crippen molar-refractivity contribution in [2.24, 2.45) is 5.73 Å². The van der Waals surface area contributed by atoms with Crippen LogP contribution in [0.3, 0.4) is 0 Å². The topological polar surface area (TPSA) is 44.5 Å². The maximum Gasteiger partial charge on any atom is 0.161 e. The Labute approximate surface area is 141 Å². The van der Waals surface area contributed by atoms with E-state index in [4.69, 9.17) is 26.8 Å². The molecular formula is C17H18Cl2NO2-. The van der Waals surface area contributed by atoms with Gasteiger partial charge in [-0.25, -0.2) is 0 Å². The van der Waals surface area contributed by atoms with Crippen molar-refractivity contribution in [2.45, 2.75) is 18.9 Å². The molecule has 0 saturated heterocycles. The summed E-state index contributed by atoms with van der Waals surface area (Å²) in [6.45, 7) is 1.19. The van der Waals surface area contributed by atoms with Crippen molar-refractivity contribution in [1.29, 1.82) is 0 Å². The van der Waals surface area contributed by atoms with E-state index in [2.05, 4.69) is 0 Å². The van der Waals surface area contributed by atoms with Crippen LogP contribution in [-0.4, -0.2) is 13.2 Å². The Bertz CT molecular complexity index is 634. The van der Waals surface area contributed by atoms with Crippen LogP contribution < -0.4 is 27.6 Å². The van der Waals surface area contributed by atoms with E-state index in [0.29, 0.717) is 13.2 Å². The first kappa shape index (κ1) is 16.9. The monoisotopic (exact) mass is 338 g/mol. The third-order valence-corrected chi connectivity index (χ3v) is 4.05. The third-order valence-electron chi connectivity index (χ3n) is 3.68. The largest absolute Gasteiger partial charge is 1.00 e. The van der Waals surface area contributed by atoms with Gasteiger partial charge in [-0.2, -0.15) is 0 Å². The molecule has 1 atom stereocenters. The highest BCUT2D eigenvalue weighted by Crippen LogP contribution is 2.33. The predicted molar refractivity (Wildman–Crippen MR) is 84.1 cm³/mol. The first-order valence-electron chi connectivity index (χ1n) is 7.12. The van der Waals surface area contributed by atoms with Gasteiger partial charge in [0, 0.05) is 11.1 Å². The van der Waals surface area contributed by atoms with Crippen LogP contribution >= 0.6 is 11.6 Å². The van der Waals surface area contributed by atoms with Crippen molar-refractivity contribution in [3.63, 3.8) is 0 Å². The van der Waals surface area contributed by atoms with Crippen LogP contribution in [0.4, 0.5) is 0 Å². The normalized spacial score (nSPS) is 14.1. The Hall–Kier alpha value is -1.42. The number of aryl methyl sites for hydroxylation is 1. The fraction of sp³-hybridized carbons (Fsp3) is 0.294. The molecule has 0 bridgehead atoms. The molecule has 1 unspecified atom stereocenters. The highest BCUT2D eigenvalue weighted by atomic mass is 35.5. The molecule has 0 radical (unpaired) electrons. The molecule has 3 nitrogen and oxygen atoms in total. The van der Waals surface area contributed by atoms with Crippen molar-refractivity contribution in [3.8, 4) is 11.5 Å². The summed E-state index contributed by atoms with van der Waals surface area (Å²) in [5, 5.41) is 0.798. The predicted octanol–water partition coefficient (Wildman–Crippen LogP) is 0.748. The van der Waals surface area contributed by atoms with E-state index in [-0.39, 0.29) is 18.4 Å². The average molecular weight is 339 g/mol. The number of hydrogen-bond donors (Lipinski definition) is 1. The van der Waals surface area contributed by atoms with Gasteiger partial charge in [-0.15, -0.1) is 0 Å². The van der Waals surface area contributed by atoms with E-state index in [1.165, 1.54) is 0 Å². The van der Waals surface area contributed by atoms with E-state index in [1.54, 1.807) is 0 Å². The second-order valence-corrected chi connectivity index (χ2v) is 5.55. The van der Waals surface area contributed by atoms with Crippen molar-refractivity contribution in [1.82, 2.24) is 0 Å². The second-order valence-electron chi connectivity index (χ2n) is 5.14. The van der Waals surface area contributed by atoms with Gasteiger partial charge in [-0.3, -0.25) is 0 Å². The molecular weight excluding hydrogens is 321 g/mol. The maximum atomic E-state index is 6.29. The van der Waals surface area contributed by atoms with Crippen LogP contribution in [-0.2, 0) is 6.42 Å². The Balaban J connectivity index is 0.00000176. The van der Waals surface area contributed by atoms with Crippen molar-refractivity contribution in [2.75, 3.05) is 13.2 Å². The van der Waals surface area contributed by atoms with Crippen LogP contribution in [0.15, 0.2) is 42.5 Å². The van der Waals surface area contributed by atoms with Crippen molar-refractivity contribution in [3.05, 3.63) is 58.6 Å². The lowest BCUT2D eigenvalue weighted by Crippen LogP contribution is -3.00. The van der Waals surface area contributed by atoms with E-state index in [1.807, 2.05) is 42.5 Å². The Kier molecular flexibility index (Phi) is 5.95. The van der Waals surface area contributed by atoms with Crippen LogP contribution in [0.5, 0.6) is 11.5 Å². The fourth-order valence-electron chi connectivity index (χ4n) is 2.47. The Morgan fingerprint density at radius 1 is 1.05 bits per heavy atom. The molecule has 0 saturated carbocycles. The van der Waals surface area contributed by atoms with Crippen LogP contribution in [0.25, 0.3) is 0 Å². The molecule has 118 valence electrons. The molecule has 2 aromatic rings. The molecule has 1 aliphatic rings. The minimum absolute atomic E-state index is 0. The molecule has 2 N–H and O–H groups in total. The van der Waals surface area contributed by atoms with Crippen LogP contribution in [0.2, 0.25) is 5.02 Å². The van der Waals surface area contributed by atoms with E-state index >= 15 is 0 Å². The van der Waals surface area contributed by atoms with Gasteiger partial charge in [0.25, 0.3) is 0 Å². The molecule has 1 heterocycles. The number of ether oxygens (including phenoxy) is 2. The van der Waals surface area contributed by atoms with Gasteiger partial charge in [0.15, 0.2) is 11.5 Å². The lowest BCUT2D eigenvalue weighted by molar-refractivity contribution is -0.00000481. The number of halogens is 2. The summed E-state index contributed by atoms with van der Waals surface area (Å²) in [7, 11) is 0. The molecule has 2 aromatic carbocycles. The van der Waals surface area contributed by atoms with Gasteiger partial charge in [0.2, 0.25) is 0 Å². The minimum atomic E-state index is -0.0444. The molecule has 0 amide bonds. The Morgan fingerprint density at radius 3 is 2.55 bits per heavy atom. The van der Waals surface area contributed by atoms with Crippen LogP contribution in [0.1, 0.15) is 23.6 Å². The summed E-state index contributed by atoms with van der Waals surface area (Å²) in [5.41, 5.74) is 8.48. The molecule has 0 aromatic heterocycles. The first-order valence-corrected chi connectivity index (χ1v) is 7.50. The number of nitrogens with two attached hydrogens (primary N) is 1. The van der Waals surface area contributed by atoms with E-state index < -0.39 is 0 Å². The van der Waals surface area contributed by atoms with Crippen molar-refractivity contribution >= 4 is 11.6 Å². The van der Waals surface area contributed by atoms with Gasteiger partial charge in [-0.1, -0.05) is 35.9 Å². The summed E-state index contributed by atoms with van der Waals surface area (Å²) >= 11 is 6.17. The zero-order valence-electron chi connectivity index (χ0n) is 12.1. The SMILES string of the molecule is NC(CCc1ccccc1Cl)c1ccc2c(c1)OCCO2.[Cl-]. The van der Waals surface area contributed by atoms with Gasteiger partial charge < -0.3 is 27.6 Å². The first-order chi connectivity index (χ1) is 10.2. The smallest absolute Gasteiger partial charge is 0.161 e. The number of benzene rings is 2. The second kappa shape index (κ2) is 7.73. The molecule has 0 aliphatic carbocycles. The molecule has 1 aliphatic heterocycles. The lowest BCUT2D eigenvalue weighted by atomic mass is 9.99. The van der Waals surface area contributed by atoms with Gasteiger partial charge >= 0.3 is 0 Å². The molecule has 3 rings (SSSR count). The molecule has 0 fully saturated rings. The molecule has 22 heavy (non-hydrogen) atoms. The minimum Gasteiger partial charge on any atom is -1.00 e. The average Bonchev–Trinajstić information content (AvgIpc) is 2.53. The summed E-state index contributed by atoms with van der Waals surface area (Å²) < 4.78 is 11.1. The number of fused-ring (bicyclic) bond motifs is 1. The maximum absolute atomic E-state index is 6.29. The summed E-state index contributed by atoms with van der Waals surface area (Å²) in [4.78, 5) is 0. The van der Waals surface area contributed by atoms with E-state index in [0.717, 1.165) is 40.5 Å². The number of rotatable bonds is 4. The van der Waals surface area contributed by atoms with E-state index in [9.17, 15) is 0 Å². The zero-order chi connectivity index (χ0) is 14.7. The standard InChI is InChI=1S/C17H18ClNO2.ClH/c18-14-4-2-1-3-12(14)5-7-15(19)13-6-8-16-17(11-13)21-10-9-20-16;/h1-4,6,8,11,15H,5,7,9-10,19H2;1H/p-1. The lowest BCUT2D eigenvalue weighted by Gasteiger charge is -2.20. The van der Waals surface area contributed by atoms with Gasteiger partial charge in [-0.05, 0) is 42.2 Å². The zero-order valence-corrected chi connectivity index (χ0v) is 13.6. The summed E-state index contributed by atoms with van der Waals surface area (Å²) in [5.74, 6) is 1.58. The van der Waals surface area contributed by atoms with Crippen molar-refractivity contribution < 1.29 is 21.9 Å². The highest BCUT2D eigenvalue weighted by Gasteiger charge is 2.15. The van der Waals surface area contributed by atoms with Gasteiger partial charge in [0.05, 0.1) is 0 Å².